The molecule has 2 rings (SSSR count). The summed E-state index contributed by atoms with van der Waals surface area (Å²) in [7, 11) is 1.74. The van der Waals surface area contributed by atoms with Crippen LogP contribution in [0.15, 0.2) is 18.2 Å². The lowest BCUT2D eigenvalue weighted by atomic mass is 9.87. The molecular weight excluding hydrogens is 234 g/mol. The molecule has 0 saturated heterocycles. The molecule has 1 atom stereocenters. The van der Waals surface area contributed by atoms with E-state index in [1.165, 1.54) is 56.1 Å². The summed E-state index contributed by atoms with van der Waals surface area (Å²) < 4.78 is 5.32. The molecule has 0 radical (unpaired) electrons. The fourth-order valence-electron chi connectivity index (χ4n) is 2.96. The Balaban J connectivity index is 1.90. The van der Waals surface area contributed by atoms with Crippen molar-refractivity contribution in [2.24, 2.45) is 0 Å². The molecule has 106 valence electrons. The van der Waals surface area contributed by atoms with E-state index in [4.69, 9.17) is 4.74 Å². The van der Waals surface area contributed by atoms with Gasteiger partial charge in [-0.25, -0.2) is 0 Å². The van der Waals surface area contributed by atoms with Crippen molar-refractivity contribution in [2.75, 3.05) is 13.7 Å². The average molecular weight is 261 g/mol. The number of hydrogen-bond acceptors (Lipinski definition) is 2. The fraction of sp³-hybridized carbons (Fsp3) is 0.647. The Morgan fingerprint density at radius 2 is 2.16 bits per heavy atom. The van der Waals surface area contributed by atoms with Crippen molar-refractivity contribution in [1.29, 1.82) is 0 Å². The first-order valence-electron chi connectivity index (χ1n) is 7.75. The molecular formula is C17H27NO. The van der Waals surface area contributed by atoms with E-state index in [9.17, 15) is 0 Å². The lowest BCUT2D eigenvalue weighted by molar-refractivity contribution is 0.410. The molecule has 0 spiro atoms. The second kappa shape index (κ2) is 7.54. The van der Waals surface area contributed by atoms with Crippen LogP contribution < -0.4 is 10.1 Å². The van der Waals surface area contributed by atoms with Crippen LogP contribution in [0.1, 0.15) is 62.6 Å². The third-order valence-electron chi connectivity index (χ3n) is 4.09. The zero-order valence-corrected chi connectivity index (χ0v) is 12.4. The number of nitrogens with one attached hydrogen (secondary N) is 1. The van der Waals surface area contributed by atoms with Crippen LogP contribution in [-0.4, -0.2) is 13.7 Å². The molecule has 2 nitrogen and oxygen atoms in total. The smallest absolute Gasteiger partial charge is 0.119 e. The van der Waals surface area contributed by atoms with Crippen molar-refractivity contribution in [3.8, 4) is 5.75 Å². The zero-order chi connectivity index (χ0) is 13.5. The van der Waals surface area contributed by atoms with Crippen LogP contribution in [0.25, 0.3) is 0 Å². The van der Waals surface area contributed by atoms with Gasteiger partial charge >= 0.3 is 0 Å². The second-order valence-corrected chi connectivity index (χ2v) is 5.52. The number of ether oxygens (including phenoxy) is 1. The van der Waals surface area contributed by atoms with Crippen LogP contribution in [-0.2, 0) is 6.42 Å². The highest BCUT2D eigenvalue weighted by atomic mass is 16.5. The molecule has 0 heterocycles. The monoisotopic (exact) mass is 261 g/mol. The third-order valence-corrected chi connectivity index (χ3v) is 4.09. The van der Waals surface area contributed by atoms with E-state index in [-0.39, 0.29) is 0 Å². The summed E-state index contributed by atoms with van der Waals surface area (Å²) in [6.07, 6.45) is 9.08. The number of benzene rings is 1. The van der Waals surface area contributed by atoms with Gasteiger partial charge in [0.1, 0.15) is 5.75 Å². The standard InChI is InChI=1S/C17H27NO/c1-3-4-5-6-12-18-17-9-7-8-14-13-15(19-2)10-11-16(14)17/h10-11,13,17-18H,3-9,12H2,1-2H3/t17-/m0/s1. The van der Waals surface area contributed by atoms with E-state index in [2.05, 4.69) is 30.4 Å². The topological polar surface area (TPSA) is 21.3 Å². The van der Waals surface area contributed by atoms with E-state index in [1.807, 2.05) is 0 Å². The molecule has 0 saturated carbocycles. The summed E-state index contributed by atoms with van der Waals surface area (Å²) in [5.41, 5.74) is 2.96. The van der Waals surface area contributed by atoms with Crippen LogP contribution in [0, 0.1) is 0 Å². The van der Waals surface area contributed by atoms with E-state index in [1.54, 1.807) is 7.11 Å². The highest BCUT2D eigenvalue weighted by Crippen LogP contribution is 2.32. The first-order chi connectivity index (χ1) is 9.35. The molecule has 19 heavy (non-hydrogen) atoms. The maximum absolute atomic E-state index is 5.32. The van der Waals surface area contributed by atoms with Crippen LogP contribution in [0.4, 0.5) is 0 Å². The number of unbranched alkanes of at least 4 members (excludes halogenated alkanes) is 3. The average Bonchev–Trinajstić information content (AvgIpc) is 2.46. The maximum Gasteiger partial charge on any atom is 0.119 e. The van der Waals surface area contributed by atoms with Crippen molar-refractivity contribution < 1.29 is 4.74 Å². The molecule has 0 fully saturated rings. The highest BCUT2D eigenvalue weighted by Gasteiger charge is 2.19. The molecule has 0 aliphatic heterocycles. The van der Waals surface area contributed by atoms with E-state index >= 15 is 0 Å². The predicted octanol–water partition coefficient (Wildman–Crippen LogP) is 4.24. The van der Waals surface area contributed by atoms with Gasteiger partial charge in [-0.3, -0.25) is 0 Å². The summed E-state index contributed by atoms with van der Waals surface area (Å²) in [6, 6.07) is 7.10. The normalized spacial score (nSPS) is 18.1. The first kappa shape index (κ1) is 14.4. The highest BCUT2D eigenvalue weighted by molar-refractivity contribution is 5.39. The lowest BCUT2D eigenvalue weighted by Gasteiger charge is -2.27. The van der Waals surface area contributed by atoms with Gasteiger partial charge < -0.3 is 10.1 Å². The molecule has 1 N–H and O–H groups in total. The molecule has 1 aliphatic rings. The largest absolute Gasteiger partial charge is 0.497 e. The van der Waals surface area contributed by atoms with Gasteiger partial charge in [0.05, 0.1) is 7.11 Å². The van der Waals surface area contributed by atoms with Crippen molar-refractivity contribution in [2.45, 2.75) is 57.9 Å². The molecule has 0 amide bonds. The van der Waals surface area contributed by atoms with Crippen LogP contribution >= 0.6 is 0 Å². The zero-order valence-electron chi connectivity index (χ0n) is 12.4. The molecule has 2 heteroatoms. The molecule has 1 aromatic rings. The Morgan fingerprint density at radius 1 is 1.26 bits per heavy atom. The van der Waals surface area contributed by atoms with Gasteiger partial charge in [-0.05, 0) is 55.5 Å². The van der Waals surface area contributed by atoms with Gasteiger partial charge in [0.2, 0.25) is 0 Å². The summed E-state index contributed by atoms with van der Waals surface area (Å²) in [6.45, 7) is 3.41. The summed E-state index contributed by atoms with van der Waals surface area (Å²) in [5.74, 6) is 0.988. The molecule has 1 aliphatic carbocycles. The quantitative estimate of drug-likeness (QED) is 0.741. The van der Waals surface area contributed by atoms with Crippen molar-refractivity contribution in [3.05, 3.63) is 29.3 Å². The van der Waals surface area contributed by atoms with Crippen LogP contribution in [0.2, 0.25) is 0 Å². The summed E-state index contributed by atoms with van der Waals surface area (Å²) in [5, 5.41) is 3.73. The summed E-state index contributed by atoms with van der Waals surface area (Å²) in [4.78, 5) is 0. The molecule has 1 aromatic carbocycles. The minimum absolute atomic E-state index is 0.552. The number of aryl methyl sites for hydroxylation is 1. The predicted molar refractivity (Wildman–Crippen MR) is 80.8 cm³/mol. The molecule has 0 aromatic heterocycles. The minimum atomic E-state index is 0.552. The number of hydrogen-bond donors (Lipinski definition) is 1. The maximum atomic E-state index is 5.32. The fourth-order valence-corrected chi connectivity index (χ4v) is 2.96. The number of fused-ring (bicyclic) bond motifs is 1. The Bertz CT molecular complexity index is 389. The second-order valence-electron chi connectivity index (χ2n) is 5.52. The first-order valence-corrected chi connectivity index (χ1v) is 7.75. The number of rotatable bonds is 7. The van der Waals surface area contributed by atoms with Gasteiger partial charge in [0.25, 0.3) is 0 Å². The Kier molecular flexibility index (Phi) is 5.71. The minimum Gasteiger partial charge on any atom is -0.497 e. The van der Waals surface area contributed by atoms with Crippen LogP contribution in [0.5, 0.6) is 5.75 Å². The van der Waals surface area contributed by atoms with Crippen molar-refractivity contribution >= 4 is 0 Å². The van der Waals surface area contributed by atoms with Gasteiger partial charge in [-0.2, -0.15) is 0 Å². The Morgan fingerprint density at radius 3 is 2.95 bits per heavy atom. The van der Waals surface area contributed by atoms with E-state index < -0.39 is 0 Å². The van der Waals surface area contributed by atoms with Crippen molar-refractivity contribution in [1.82, 2.24) is 5.32 Å². The van der Waals surface area contributed by atoms with Gasteiger partial charge in [-0.15, -0.1) is 0 Å². The summed E-state index contributed by atoms with van der Waals surface area (Å²) >= 11 is 0. The SMILES string of the molecule is CCCCCCN[C@H]1CCCc2cc(OC)ccc21. The lowest BCUT2D eigenvalue weighted by Crippen LogP contribution is -2.26. The van der Waals surface area contributed by atoms with Crippen LogP contribution in [0.3, 0.4) is 0 Å². The Labute approximate surface area is 117 Å². The Hall–Kier alpha value is -1.02. The number of methoxy groups -OCH3 is 1. The van der Waals surface area contributed by atoms with Crippen molar-refractivity contribution in [3.63, 3.8) is 0 Å². The van der Waals surface area contributed by atoms with Gasteiger partial charge in [-0.1, -0.05) is 32.3 Å². The van der Waals surface area contributed by atoms with E-state index in [0.717, 1.165) is 12.3 Å². The molecule has 0 bridgehead atoms. The van der Waals surface area contributed by atoms with E-state index in [0.29, 0.717) is 6.04 Å². The third kappa shape index (κ3) is 3.97. The molecule has 0 unspecified atom stereocenters. The van der Waals surface area contributed by atoms with Gasteiger partial charge in [0, 0.05) is 6.04 Å². The van der Waals surface area contributed by atoms with Gasteiger partial charge in [0.15, 0.2) is 0 Å².